The lowest BCUT2D eigenvalue weighted by atomic mass is 9.97. The predicted octanol–water partition coefficient (Wildman–Crippen LogP) is 4.08. The Morgan fingerprint density at radius 3 is 2.75 bits per heavy atom. The second kappa shape index (κ2) is 6.04. The van der Waals surface area contributed by atoms with Gasteiger partial charge in [0, 0.05) is 10.9 Å². The molecule has 1 unspecified atom stereocenters. The number of Topliss-reactive ketones (excluding diaryl/α,β-unsaturated/α-hetero) is 1. The second-order valence-electron chi connectivity index (χ2n) is 3.99. The van der Waals surface area contributed by atoms with Crippen molar-refractivity contribution in [2.45, 2.75) is 26.7 Å². The number of hydrogen-bond acceptors (Lipinski definition) is 2. The van der Waals surface area contributed by atoms with E-state index in [1.54, 1.807) is 7.11 Å². The third kappa shape index (κ3) is 3.34. The van der Waals surface area contributed by atoms with E-state index in [-0.39, 0.29) is 5.78 Å². The third-order valence-electron chi connectivity index (χ3n) is 2.69. The van der Waals surface area contributed by atoms with Crippen LogP contribution >= 0.6 is 15.9 Å². The van der Waals surface area contributed by atoms with Crippen molar-refractivity contribution < 1.29 is 9.53 Å². The van der Waals surface area contributed by atoms with Crippen molar-refractivity contribution in [3.8, 4) is 5.75 Å². The highest BCUT2D eigenvalue weighted by Gasteiger charge is 2.14. The molecule has 0 aliphatic rings. The van der Waals surface area contributed by atoms with Gasteiger partial charge in [-0.05, 0) is 24.1 Å². The lowest BCUT2D eigenvalue weighted by molar-refractivity contribution is 0.0960. The molecule has 0 heterocycles. The molecule has 0 amide bonds. The number of rotatable bonds is 5. The van der Waals surface area contributed by atoms with Crippen molar-refractivity contribution >= 4 is 21.7 Å². The average molecular weight is 285 g/mol. The number of hydrogen-bond donors (Lipinski definition) is 0. The van der Waals surface area contributed by atoms with Gasteiger partial charge in [-0.25, -0.2) is 0 Å². The molecule has 0 fully saturated rings. The number of ether oxygens (including phenoxy) is 1. The van der Waals surface area contributed by atoms with Gasteiger partial charge in [0.25, 0.3) is 0 Å². The van der Waals surface area contributed by atoms with E-state index in [2.05, 4.69) is 29.8 Å². The molecular weight excluding hydrogens is 268 g/mol. The van der Waals surface area contributed by atoms with Gasteiger partial charge >= 0.3 is 0 Å². The van der Waals surface area contributed by atoms with E-state index < -0.39 is 0 Å². The molecule has 0 saturated carbocycles. The molecule has 2 nitrogen and oxygen atoms in total. The Hall–Kier alpha value is -0.830. The fraction of sp³-hybridized carbons (Fsp3) is 0.462. The highest BCUT2D eigenvalue weighted by Crippen LogP contribution is 2.25. The predicted molar refractivity (Wildman–Crippen MR) is 69.1 cm³/mol. The Morgan fingerprint density at radius 1 is 1.50 bits per heavy atom. The highest BCUT2D eigenvalue weighted by atomic mass is 79.9. The summed E-state index contributed by atoms with van der Waals surface area (Å²) in [7, 11) is 1.59. The van der Waals surface area contributed by atoms with Gasteiger partial charge in [0.2, 0.25) is 0 Å². The minimum absolute atomic E-state index is 0.152. The Balaban J connectivity index is 2.90. The summed E-state index contributed by atoms with van der Waals surface area (Å²) in [6.45, 7) is 4.18. The maximum atomic E-state index is 12.0. The fourth-order valence-electron chi connectivity index (χ4n) is 1.47. The van der Waals surface area contributed by atoms with Crippen LogP contribution in [0.3, 0.4) is 0 Å². The molecule has 0 bridgehead atoms. The molecule has 1 atom stereocenters. The van der Waals surface area contributed by atoms with Crippen LogP contribution in [-0.4, -0.2) is 12.9 Å². The summed E-state index contributed by atoms with van der Waals surface area (Å²) in [6.07, 6.45) is 1.60. The number of ketones is 1. The Kier molecular flexibility index (Phi) is 5.00. The number of halogens is 1. The van der Waals surface area contributed by atoms with E-state index in [1.165, 1.54) is 0 Å². The van der Waals surface area contributed by atoms with Crippen LogP contribution in [0.5, 0.6) is 5.75 Å². The first-order valence-electron chi connectivity index (χ1n) is 5.45. The standard InChI is InChI=1S/C13H17BrO2/c1-4-9(2)7-12(15)11-6-5-10(14)8-13(11)16-3/h5-6,8-9H,4,7H2,1-3H3. The van der Waals surface area contributed by atoms with Gasteiger partial charge in [0.05, 0.1) is 12.7 Å². The van der Waals surface area contributed by atoms with Crippen LogP contribution in [0.4, 0.5) is 0 Å². The molecule has 0 spiro atoms. The van der Waals surface area contributed by atoms with E-state index in [0.717, 1.165) is 10.9 Å². The molecule has 0 aliphatic carbocycles. The molecular formula is C13H17BrO2. The van der Waals surface area contributed by atoms with Crippen LogP contribution in [0.2, 0.25) is 0 Å². The second-order valence-corrected chi connectivity index (χ2v) is 4.90. The highest BCUT2D eigenvalue weighted by molar-refractivity contribution is 9.10. The van der Waals surface area contributed by atoms with Crippen LogP contribution in [0.25, 0.3) is 0 Å². The Bertz CT molecular complexity index is 374. The van der Waals surface area contributed by atoms with Crippen molar-refractivity contribution in [3.05, 3.63) is 28.2 Å². The SMILES string of the molecule is CCC(C)CC(=O)c1ccc(Br)cc1OC. The quantitative estimate of drug-likeness (QED) is 0.762. The summed E-state index contributed by atoms with van der Waals surface area (Å²) in [5, 5.41) is 0. The van der Waals surface area contributed by atoms with Gasteiger partial charge in [0.1, 0.15) is 5.75 Å². The average Bonchev–Trinajstić information content (AvgIpc) is 2.28. The summed E-state index contributed by atoms with van der Waals surface area (Å²) in [6, 6.07) is 5.50. The van der Waals surface area contributed by atoms with Crippen molar-refractivity contribution in [2.24, 2.45) is 5.92 Å². The van der Waals surface area contributed by atoms with Gasteiger partial charge in [-0.15, -0.1) is 0 Å². The van der Waals surface area contributed by atoms with Crippen LogP contribution in [0, 0.1) is 5.92 Å². The number of carbonyl (C=O) groups is 1. The molecule has 88 valence electrons. The van der Waals surface area contributed by atoms with Crippen molar-refractivity contribution in [1.82, 2.24) is 0 Å². The summed E-state index contributed by atoms with van der Waals surface area (Å²) < 4.78 is 6.13. The third-order valence-corrected chi connectivity index (χ3v) is 3.19. The number of methoxy groups -OCH3 is 1. The molecule has 1 aromatic rings. The molecule has 0 aromatic heterocycles. The zero-order valence-corrected chi connectivity index (χ0v) is 11.5. The van der Waals surface area contributed by atoms with Crippen LogP contribution in [0.15, 0.2) is 22.7 Å². The van der Waals surface area contributed by atoms with Gasteiger partial charge < -0.3 is 4.74 Å². The van der Waals surface area contributed by atoms with E-state index in [1.807, 2.05) is 18.2 Å². The molecule has 1 rings (SSSR count). The Morgan fingerprint density at radius 2 is 2.19 bits per heavy atom. The van der Waals surface area contributed by atoms with Gasteiger partial charge in [-0.1, -0.05) is 36.2 Å². The lowest BCUT2D eigenvalue weighted by Gasteiger charge is -2.10. The van der Waals surface area contributed by atoms with Gasteiger partial charge in [-0.2, -0.15) is 0 Å². The monoisotopic (exact) mass is 284 g/mol. The van der Waals surface area contributed by atoms with Crippen molar-refractivity contribution in [3.63, 3.8) is 0 Å². The van der Waals surface area contributed by atoms with E-state index in [0.29, 0.717) is 23.7 Å². The van der Waals surface area contributed by atoms with E-state index >= 15 is 0 Å². The zero-order chi connectivity index (χ0) is 12.1. The zero-order valence-electron chi connectivity index (χ0n) is 9.92. The molecule has 16 heavy (non-hydrogen) atoms. The van der Waals surface area contributed by atoms with Crippen LogP contribution in [-0.2, 0) is 0 Å². The van der Waals surface area contributed by atoms with E-state index in [4.69, 9.17) is 4.74 Å². The molecule has 0 radical (unpaired) electrons. The molecule has 1 aromatic carbocycles. The molecule has 0 saturated heterocycles. The maximum Gasteiger partial charge on any atom is 0.166 e. The summed E-state index contributed by atoms with van der Waals surface area (Å²) >= 11 is 3.36. The normalized spacial score (nSPS) is 12.2. The molecule has 0 N–H and O–H groups in total. The summed E-state index contributed by atoms with van der Waals surface area (Å²) in [4.78, 5) is 12.0. The first kappa shape index (κ1) is 13.2. The van der Waals surface area contributed by atoms with Gasteiger partial charge in [0.15, 0.2) is 5.78 Å². The maximum absolute atomic E-state index is 12.0. The summed E-state index contributed by atoms with van der Waals surface area (Å²) in [5.41, 5.74) is 0.672. The van der Waals surface area contributed by atoms with Crippen molar-refractivity contribution in [2.75, 3.05) is 7.11 Å². The van der Waals surface area contributed by atoms with Crippen molar-refractivity contribution in [1.29, 1.82) is 0 Å². The fourth-order valence-corrected chi connectivity index (χ4v) is 1.81. The number of benzene rings is 1. The lowest BCUT2D eigenvalue weighted by Crippen LogP contribution is -2.07. The minimum atomic E-state index is 0.152. The van der Waals surface area contributed by atoms with E-state index in [9.17, 15) is 4.79 Å². The minimum Gasteiger partial charge on any atom is -0.496 e. The smallest absolute Gasteiger partial charge is 0.166 e. The topological polar surface area (TPSA) is 26.3 Å². The largest absolute Gasteiger partial charge is 0.496 e. The molecule has 0 aliphatic heterocycles. The van der Waals surface area contributed by atoms with Crippen LogP contribution < -0.4 is 4.74 Å². The van der Waals surface area contributed by atoms with Crippen LogP contribution in [0.1, 0.15) is 37.0 Å². The van der Waals surface area contributed by atoms with Gasteiger partial charge in [-0.3, -0.25) is 4.79 Å². The first-order valence-corrected chi connectivity index (χ1v) is 6.24. The summed E-state index contributed by atoms with van der Waals surface area (Å²) in [5.74, 6) is 1.21. The molecule has 3 heteroatoms. The first-order chi connectivity index (χ1) is 7.58. The Labute approximate surface area is 105 Å². The number of carbonyl (C=O) groups excluding carboxylic acids is 1.